The maximum absolute atomic E-state index is 7.19. The summed E-state index contributed by atoms with van der Waals surface area (Å²) in [6.45, 7) is 17.3. The van der Waals surface area contributed by atoms with Crippen LogP contribution in [-0.4, -0.2) is 22.4 Å². The van der Waals surface area contributed by atoms with Gasteiger partial charge in [-0.2, -0.15) is 0 Å². The van der Waals surface area contributed by atoms with Crippen LogP contribution in [0.25, 0.3) is 4.85 Å². The Kier molecular flexibility index (Phi) is 6.19. The van der Waals surface area contributed by atoms with Crippen LogP contribution < -0.4 is 4.90 Å². The summed E-state index contributed by atoms with van der Waals surface area (Å²) in [5.41, 5.74) is 2.06. The second-order valence-corrected chi connectivity index (χ2v) is 6.82. The van der Waals surface area contributed by atoms with E-state index in [0.717, 1.165) is 41.8 Å². The van der Waals surface area contributed by atoms with Gasteiger partial charge in [-0.25, -0.2) is 14.2 Å². The van der Waals surface area contributed by atoms with E-state index in [9.17, 15) is 0 Å². The van der Waals surface area contributed by atoms with E-state index in [-0.39, 0.29) is 0 Å². The molecule has 2 rings (SSSR count). The SMILES string of the molecule is [C-]#[N+]c1c(C)nsc1N=Nc1sc(N(CCC)CCC)nc1C. The zero-order chi connectivity index (χ0) is 16.8. The Balaban J connectivity index is 2.24. The van der Waals surface area contributed by atoms with E-state index >= 15 is 0 Å². The van der Waals surface area contributed by atoms with E-state index < -0.39 is 0 Å². The molecule has 0 radical (unpaired) electrons. The van der Waals surface area contributed by atoms with Crippen LogP contribution in [0.1, 0.15) is 38.1 Å². The Hall–Kier alpha value is -1.85. The van der Waals surface area contributed by atoms with Crippen LogP contribution in [0.5, 0.6) is 0 Å². The first-order valence-corrected chi connectivity index (χ1v) is 9.17. The molecule has 0 saturated heterocycles. The first-order chi connectivity index (χ1) is 11.1. The third-order valence-electron chi connectivity index (χ3n) is 3.18. The van der Waals surface area contributed by atoms with Crippen molar-refractivity contribution in [1.82, 2.24) is 9.36 Å². The van der Waals surface area contributed by atoms with Crippen LogP contribution in [0.15, 0.2) is 10.2 Å². The minimum Gasteiger partial charge on any atom is -0.348 e. The zero-order valence-corrected chi connectivity index (χ0v) is 15.5. The number of thiazole rings is 1. The lowest BCUT2D eigenvalue weighted by Gasteiger charge is -2.19. The minimum absolute atomic E-state index is 0.486. The topological polar surface area (TPSA) is 58.1 Å². The van der Waals surface area contributed by atoms with Crippen LogP contribution in [0, 0.1) is 20.4 Å². The third kappa shape index (κ3) is 4.12. The fourth-order valence-electron chi connectivity index (χ4n) is 2.08. The highest BCUT2D eigenvalue weighted by atomic mass is 32.1. The van der Waals surface area contributed by atoms with Gasteiger partial charge in [0.15, 0.2) is 15.1 Å². The van der Waals surface area contributed by atoms with E-state index in [4.69, 9.17) is 6.57 Å². The van der Waals surface area contributed by atoms with Crippen molar-refractivity contribution in [2.45, 2.75) is 40.5 Å². The lowest BCUT2D eigenvalue weighted by Crippen LogP contribution is -2.24. The van der Waals surface area contributed by atoms with Gasteiger partial charge >= 0.3 is 0 Å². The Morgan fingerprint density at radius 1 is 1.09 bits per heavy atom. The summed E-state index contributed by atoms with van der Waals surface area (Å²) in [4.78, 5) is 10.4. The highest BCUT2D eigenvalue weighted by molar-refractivity contribution is 7.19. The monoisotopic (exact) mass is 348 g/mol. The van der Waals surface area contributed by atoms with Gasteiger partial charge in [0.1, 0.15) is 0 Å². The second kappa shape index (κ2) is 8.13. The highest BCUT2D eigenvalue weighted by Crippen LogP contribution is 2.39. The second-order valence-electron chi connectivity index (χ2n) is 5.11. The van der Waals surface area contributed by atoms with Crippen molar-refractivity contribution in [2.24, 2.45) is 10.2 Å². The smallest absolute Gasteiger partial charge is 0.247 e. The largest absolute Gasteiger partial charge is 0.348 e. The summed E-state index contributed by atoms with van der Waals surface area (Å²) >= 11 is 2.75. The van der Waals surface area contributed by atoms with Crippen LogP contribution in [0.2, 0.25) is 0 Å². The fourth-order valence-corrected chi connectivity index (χ4v) is 3.69. The van der Waals surface area contributed by atoms with Crippen molar-refractivity contribution >= 4 is 43.7 Å². The van der Waals surface area contributed by atoms with Crippen molar-refractivity contribution in [1.29, 1.82) is 0 Å². The van der Waals surface area contributed by atoms with Crippen molar-refractivity contribution in [3.8, 4) is 0 Å². The molecule has 2 aromatic rings. The summed E-state index contributed by atoms with van der Waals surface area (Å²) in [7, 11) is 0. The van der Waals surface area contributed by atoms with Crippen molar-refractivity contribution in [2.75, 3.05) is 18.0 Å². The van der Waals surface area contributed by atoms with Crippen molar-refractivity contribution in [3.05, 3.63) is 22.8 Å². The Morgan fingerprint density at radius 2 is 1.74 bits per heavy atom. The van der Waals surface area contributed by atoms with E-state index in [1.807, 2.05) is 13.8 Å². The van der Waals surface area contributed by atoms with Gasteiger partial charge in [0.2, 0.25) is 5.69 Å². The molecule has 0 aliphatic carbocycles. The first-order valence-electron chi connectivity index (χ1n) is 7.58. The standard InChI is InChI=1S/C15H20N6S2/c1-6-8-21(9-7-2)15-17-11(4)13(22-15)18-19-14-12(16-5)10(3)20-23-14/h6-9H2,1-4H3. The van der Waals surface area contributed by atoms with Crippen LogP contribution in [0.4, 0.5) is 20.8 Å². The molecule has 0 unspecified atom stereocenters. The number of anilines is 1. The molecule has 122 valence electrons. The summed E-state index contributed by atoms with van der Waals surface area (Å²) in [5, 5.41) is 10.9. The van der Waals surface area contributed by atoms with E-state index in [2.05, 4.69) is 43.2 Å². The summed E-state index contributed by atoms with van der Waals surface area (Å²) in [6.07, 6.45) is 2.17. The molecular weight excluding hydrogens is 328 g/mol. The molecule has 0 saturated carbocycles. The quantitative estimate of drug-likeness (QED) is 0.468. The summed E-state index contributed by atoms with van der Waals surface area (Å²) < 4.78 is 4.16. The average Bonchev–Trinajstić information content (AvgIpc) is 3.07. The maximum Gasteiger partial charge on any atom is 0.247 e. The first kappa shape index (κ1) is 17.5. The summed E-state index contributed by atoms with van der Waals surface area (Å²) in [6, 6.07) is 0. The lowest BCUT2D eigenvalue weighted by molar-refractivity contribution is 0.741. The number of rotatable bonds is 7. The molecule has 0 bridgehead atoms. The predicted molar refractivity (Wildman–Crippen MR) is 96.9 cm³/mol. The van der Waals surface area contributed by atoms with Gasteiger partial charge in [-0.05, 0) is 38.2 Å². The molecule has 0 atom stereocenters. The van der Waals surface area contributed by atoms with Gasteiger partial charge < -0.3 is 4.90 Å². The minimum atomic E-state index is 0.486. The molecular formula is C15H20N6S2. The number of nitrogens with zero attached hydrogens (tertiary/aromatic N) is 6. The molecule has 0 aliphatic rings. The van der Waals surface area contributed by atoms with E-state index in [0.29, 0.717) is 16.4 Å². The van der Waals surface area contributed by atoms with E-state index in [1.165, 1.54) is 11.5 Å². The van der Waals surface area contributed by atoms with Gasteiger partial charge in [-0.15, -0.1) is 10.2 Å². The number of hydrogen-bond donors (Lipinski definition) is 0. The van der Waals surface area contributed by atoms with Crippen molar-refractivity contribution in [3.63, 3.8) is 0 Å². The van der Waals surface area contributed by atoms with Gasteiger partial charge in [0.25, 0.3) is 0 Å². The Morgan fingerprint density at radius 3 is 2.35 bits per heavy atom. The zero-order valence-electron chi connectivity index (χ0n) is 13.8. The lowest BCUT2D eigenvalue weighted by atomic mass is 10.4. The number of aromatic nitrogens is 2. The van der Waals surface area contributed by atoms with Crippen molar-refractivity contribution < 1.29 is 0 Å². The van der Waals surface area contributed by atoms with Crippen LogP contribution in [0.3, 0.4) is 0 Å². The molecule has 8 heteroatoms. The average molecular weight is 349 g/mol. The molecule has 23 heavy (non-hydrogen) atoms. The molecule has 2 heterocycles. The summed E-state index contributed by atoms with van der Waals surface area (Å²) in [5.74, 6) is 0. The molecule has 0 amide bonds. The van der Waals surface area contributed by atoms with Gasteiger partial charge in [-0.1, -0.05) is 25.2 Å². The van der Waals surface area contributed by atoms with Gasteiger partial charge in [0, 0.05) is 13.1 Å². The molecule has 0 aromatic carbocycles. The van der Waals surface area contributed by atoms with Gasteiger partial charge in [-0.3, -0.25) is 0 Å². The predicted octanol–water partition coefficient (Wildman–Crippen LogP) is 5.81. The molecule has 0 fully saturated rings. The number of azo groups is 1. The van der Waals surface area contributed by atoms with Gasteiger partial charge in [0.05, 0.1) is 18.0 Å². The van der Waals surface area contributed by atoms with Crippen LogP contribution >= 0.6 is 22.9 Å². The molecule has 0 N–H and O–H groups in total. The molecule has 0 spiro atoms. The number of aryl methyl sites for hydroxylation is 2. The Labute approximate surface area is 144 Å². The van der Waals surface area contributed by atoms with Crippen LogP contribution in [-0.2, 0) is 0 Å². The third-order valence-corrected chi connectivity index (χ3v) is 5.09. The Bertz CT molecular complexity index is 719. The molecule has 0 aliphatic heterocycles. The highest BCUT2D eigenvalue weighted by Gasteiger charge is 2.14. The molecule has 2 aromatic heterocycles. The molecule has 6 nitrogen and oxygen atoms in total. The normalized spacial score (nSPS) is 11.1. The number of hydrogen-bond acceptors (Lipinski definition) is 7. The maximum atomic E-state index is 7.19. The fraction of sp³-hybridized carbons (Fsp3) is 0.533. The van der Waals surface area contributed by atoms with E-state index in [1.54, 1.807) is 11.3 Å².